The Morgan fingerprint density at radius 3 is 0.724 bits per heavy atom. The Balaban J connectivity index is 4.45. The van der Waals surface area contributed by atoms with Gasteiger partial charge in [-0.3, -0.25) is 20.1 Å². The molecule has 7 heteroatoms. The van der Waals surface area contributed by atoms with Crippen LogP contribution in [0.3, 0.4) is 0 Å². The van der Waals surface area contributed by atoms with Crippen molar-refractivity contribution in [1.29, 1.82) is 0 Å². The van der Waals surface area contributed by atoms with Crippen molar-refractivity contribution in [3.63, 3.8) is 0 Å². The molecule has 0 fully saturated rings. The molecule has 2 N–H and O–H groups in total. The summed E-state index contributed by atoms with van der Waals surface area (Å²) in [5, 5.41) is 0. The van der Waals surface area contributed by atoms with Crippen LogP contribution in [0.2, 0.25) is 0 Å². The molecule has 0 amide bonds. The lowest BCUT2D eigenvalue weighted by atomic mass is 10.0. The molecule has 0 bridgehead atoms. The lowest BCUT2D eigenvalue weighted by Crippen LogP contribution is -2.53. The van der Waals surface area contributed by atoms with Gasteiger partial charge in [-0.2, -0.15) is 0 Å². The molecule has 0 aliphatic carbocycles. The van der Waals surface area contributed by atoms with Crippen LogP contribution in [-0.2, 0) is 28.6 Å². The van der Waals surface area contributed by atoms with E-state index in [1.54, 1.807) is 0 Å². The third kappa shape index (κ3) is 42.5. The summed E-state index contributed by atoms with van der Waals surface area (Å²) < 4.78 is 16.7. The van der Waals surface area contributed by atoms with Crippen LogP contribution in [-0.4, -0.2) is 36.8 Å². The van der Waals surface area contributed by atoms with Crippen molar-refractivity contribution in [2.75, 3.05) is 13.2 Å². The molecule has 0 aromatic rings. The second kappa shape index (κ2) is 44.9. The molecule has 0 aromatic carbocycles. The molecule has 344 valence electrons. The number of nitrogens with two attached hydrogens (primary N) is 1. The van der Waals surface area contributed by atoms with Crippen LogP contribution in [0.25, 0.3) is 0 Å². The van der Waals surface area contributed by atoms with E-state index in [2.05, 4.69) is 20.8 Å². The Labute approximate surface area is 360 Å². The highest BCUT2D eigenvalue weighted by Gasteiger charge is 2.33. The van der Waals surface area contributed by atoms with E-state index in [1.807, 2.05) is 0 Å². The monoisotopic (exact) mass is 822 g/mol. The minimum atomic E-state index is -1.69. The van der Waals surface area contributed by atoms with Gasteiger partial charge in [-0.15, -0.1) is 0 Å². The van der Waals surface area contributed by atoms with E-state index in [1.165, 1.54) is 193 Å². The Kier molecular flexibility index (Phi) is 43.6. The third-order valence-electron chi connectivity index (χ3n) is 11.7. The molecule has 0 aromatic heterocycles. The molecular formula is C51H99NO6. The standard InChI is InChI=1S/C51H99NO6/c1-4-7-10-13-16-19-22-25-28-31-34-37-40-43-48(53)56-46-51(52,58-50(55)45-42-39-36-33-30-27-24-21-18-15-12-9-6-3)47-57-49(54)44-41-38-35-32-29-26-23-20-17-14-11-8-5-2/h4-47,52H2,1-3H3. The Morgan fingerprint density at radius 1 is 0.310 bits per heavy atom. The molecule has 0 atom stereocenters. The highest BCUT2D eigenvalue weighted by molar-refractivity contribution is 5.71. The fourth-order valence-corrected chi connectivity index (χ4v) is 7.79. The van der Waals surface area contributed by atoms with Crippen molar-refractivity contribution in [3.05, 3.63) is 0 Å². The fourth-order valence-electron chi connectivity index (χ4n) is 7.79. The first-order chi connectivity index (χ1) is 28.4. The second-order valence-corrected chi connectivity index (χ2v) is 17.8. The van der Waals surface area contributed by atoms with Crippen molar-refractivity contribution in [2.24, 2.45) is 5.73 Å². The van der Waals surface area contributed by atoms with Gasteiger partial charge in [0.25, 0.3) is 0 Å². The molecule has 7 nitrogen and oxygen atoms in total. The predicted molar refractivity (Wildman–Crippen MR) is 246 cm³/mol. The van der Waals surface area contributed by atoms with Crippen LogP contribution in [0.15, 0.2) is 0 Å². The largest absolute Gasteiger partial charge is 0.460 e. The number of unbranched alkanes of at least 4 members (excludes halogenated alkanes) is 36. The molecule has 0 aliphatic rings. The molecule has 0 aliphatic heterocycles. The topological polar surface area (TPSA) is 105 Å². The number of carbonyl (C=O) groups excluding carboxylic acids is 3. The summed E-state index contributed by atoms with van der Waals surface area (Å²) in [5.41, 5.74) is 4.80. The summed E-state index contributed by atoms with van der Waals surface area (Å²) in [6.07, 6.45) is 49.1. The van der Waals surface area contributed by atoms with Crippen LogP contribution in [0.5, 0.6) is 0 Å². The summed E-state index contributed by atoms with van der Waals surface area (Å²) in [7, 11) is 0. The summed E-state index contributed by atoms with van der Waals surface area (Å²) in [5.74, 6) is -1.15. The summed E-state index contributed by atoms with van der Waals surface area (Å²) in [4.78, 5) is 38.2. The number of carbonyl (C=O) groups is 3. The predicted octanol–water partition coefficient (Wildman–Crippen LogP) is 15.7. The van der Waals surface area contributed by atoms with Crippen molar-refractivity contribution in [3.8, 4) is 0 Å². The first-order valence-corrected chi connectivity index (χ1v) is 25.7. The summed E-state index contributed by atoms with van der Waals surface area (Å²) in [6.45, 7) is 6.14. The highest BCUT2D eigenvalue weighted by atomic mass is 16.6. The molecule has 0 spiro atoms. The number of esters is 3. The molecule has 0 radical (unpaired) electrons. The minimum Gasteiger partial charge on any atom is -0.460 e. The average Bonchev–Trinajstić information content (AvgIpc) is 3.21. The van der Waals surface area contributed by atoms with E-state index in [9.17, 15) is 14.4 Å². The van der Waals surface area contributed by atoms with Crippen molar-refractivity contribution in [2.45, 2.75) is 296 Å². The van der Waals surface area contributed by atoms with Crippen molar-refractivity contribution < 1.29 is 28.6 Å². The molecule has 0 unspecified atom stereocenters. The Morgan fingerprint density at radius 2 is 0.500 bits per heavy atom. The zero-order chi connectivity index (χ0) is 42.5. The van der Waals surface area contributed by atoms with E-state index in [-0.39, 0.29) is 31.6 Å². The van der Waals surface area contributed by atoms with Gasteiger partial charge in [0.1, 0.15) is 13.2 Å². The van der Waals surface area contributed by atoms with E-state index in [0.717, 1.165) is 57.8 Å². The maximum atomic E-state index is 12.9. The average molecular weight is 822 g/mol. The van der Waals surface area contributed by atoms with Crippen LogP contribution in [0, 0.1) is 0 Å². The fraction of sp³-hybridized carbons (Fsp3) is 0.941. The molecule has 0 heterocycles. The normalized spacial score (nSPS) is 11.6. The smallest absolute Gasteiger partial charge is 0.307 e. The van der Waals surface area contributed by atoms with E-state index in [4.69, 9.17) is 19.9 Å². The number of rotatable bonds is 47. The number of hydrogen-bond donors (Lipinski definition) is 1. The van der Waals surface area contributed by atoms with Crippen LogP contribution in [0.4, 0.5) is 0 Å². The highest BCUT2D eigenvalue weighted by Crippen LogP contribution is 2.18. The van der Waals surface area contributed by atoms with Crippen molar-refractivity contribution in [1.82, 2.24) is 0 Å². The van der Waals surface area contributed by atoms with Crippen LogP contribution < -0.4 is 5.73 Å². The Hall–Kier alpha value is -1.63. The molecule has 0 rings (SSSR count). The van der Waals surface area contributed by atoms with Gasteiger partial charge < -0.3 is 14.2 Å². The third-order valence-corrected chi connectivity index (χ3v) is 11.7. The minimum absolute atomic E-state index is 0.247. The molecule has 0 saturated carbocycles. The SMILES string of the molecule is CCCCCCCCCCCCCCCC(=O)OCC(N)(COC(=O)CCCCCCCCCCCCCCC)OC(=O)CCCCCCCCCCCCCCC. The van der Waals surface area contributed by atoms with E-state index >= 15 is 0 Å². The lowest BCUT2D eigenvalue weighted by Gasteiger charge is -2.28. The quantitative estimate of drug-likeness (QED) is 0.0282. The molecular weight excluding hydrogens is 723 g/mol. The Bertz CT molecular complexity index is 848. The lowest BCUT2D eigenvalue weighted by molar-refractivity contribution is -0.184. The van der Waals surface area contributed by atoms with Gasteiger partial charge in [0.2, 0.25) is 5.72 Å². The second-order valence-electron chi connectivity index (χ2n) is 17.8. The molecule has 0 saturated heterocycles. The van der Waals surface area contributed by atoms with Gasteiger partial charge in [-0.05, 0) is 19.3 Å². The first-order valence-electron chi connectivity index (χ1n) is 25.7. The van der Waals surface area contributed by atoms with Gasteiger partial charge in [-0.25, -0.2) is 0 Å². The summed E-state index contributed by atoms with van der Waals surface area (Å²) in [6, 6.07) is 0. The maximum Gasteiger partial charge on any atom is 0.307 e. The maximum absolute atomic E-state index is 12.9. The zero-order valence-electron chi connectivity index (χ0n) is 39.1. The van der Waals surface area contributed by atoms with Gasteiger partial charge in [0.15, 0.2) is 0 Å². The summed E-state index contributed by atoms with van der Waals surface area (Å²) >= 11 is 0. The van der Waals surface area contributed by atoms with Gasteiger partial charge in [0, 0.05) is 19.3 Å². The van der Waals surface area contributed by atoms with Gasteiger partial charge >= 0.3 is 17.9 Å². The van der Waals surface area contributed by atoms with Crippen LogP contribution in [0.1, 0.15) is 290 Å². The number of ether oxygens (including phenoxy) is 3. The molecule has 58 heavy (non-hydrogen) atoms. The van der Waals surface area contributed by atoms with Gasteiger partial charge in [-0.1, -0.05) is 252 Å². The number of hydrogen-bond acceptors (Lipinski definition) is 7. The van der Waals surface area contributed by atoms with Crippen LogP contribution >= 0.6 is 0 Å². The van der Waals surface area contributed by atoms with Crippen molar-refractivity contribution >= 4 is 17.9 Å². The van der Waals surface area contributed by atoms with E-state index < -0.39 is 11.7 Å². The van der Waals surface area contributed by atoms with Gasteiger partial charge in [0.05, 0.1) is 0 Å². The zero-order valence-corrected chi connectivity index (χ0v) is 39.1. The first kappa shape index (κ1) is 56.4. The van der Waals surface area contributed by atoms with E-state index in [0.29, 0.717) is 12.8 Å².